The minimum absolute atomic E-state index is 0.210. The van der Waals surface area contributed by atoms with Gasteiger partial charge in [-0.2, -0.15) is 17.0 Å². The highest BCUT2D eigenvalue weighted by molar-refractivity contribution is 7.86. The number of carboxylic acids is 1. The molecule has 1 saturated heterocycles. The molecule has 0 unspecified atom stereocenters. The predicted molar refractivity (Wildman–Crippen MR) is 60.8 cm³/mol. The van der Waals surface area contributed by atoms with Crippen molar-refractivity contribution >= 4 is 16.2 Å². The van der Waals surface area contributed by atoms with Crippen LogP contribution in [-0.4, -0.2) is 68.0 Å². The monoisotopic (exact) mass is 266 g/mol. The maximum absolute atomic E-state index is 12.1. The van der Waals surface area contributed by atoms with Crippen molar-refractivity contribution in [1.82, 2.24) is 8.61 Å². The number of carboxylic acid groups (broad SMARTS) is 1. The average Bonchev–Trinajstić information content (AvgIpc) is 2.75. The molecular formula is C9H18N2O5S. The van der Waals surface area contributed by atoms with E-state index in [0.29, 0.717) is 12.8 Å². The lowest BCUT2D eigenvalue weighted by molar-refractivity contribution is -0.140. The molecule has 1 heterocycles. The van der Waals surface area contributed by atoms with Crippen LogP contribution in [0.1, 0.15) is 12.8 Å². The van der Waals surface area contributed by atoms with E-state index < -0.39 is 22.2 Å². The van der Waals surface area contributed by atoms with Crippen molar-refractivity contribution in [2.24, 2.45) is 0 Å². The van der Waals surface area contributed by atoms with Crippen molar-refractivity contribution < 1.29 is 23.1 Å². The zero-order valence-corrected chi connectivity index (χ0v) is 10.8. The Morgan fingerprint density at radius 3 is 2.76 bits per heavy atom. The quantitative estimate of drug-likeness (QED) is 0.691. The van der Waals surface area contributed by atoms with E-state index in [9.17, 15) is 13.2 Å². The van der Waals surface area contributed by atoms with Gasteiger partial charge in [0.15, 0.2) is 0 Å². The van der Waals surface area contributed by atoms with Crippen molar-refractivity contribution in [3.63, 3.8) is 0 Å². The van der Waals surface area contributed by atoms with Crippen LogP contribution in [0, 0.1) is 0 Å². The van der Waals surface area contributed by atoms with E-state index in [1.54, 1.807) is 0 Å². The summed E-state index contributed by atoms with van der Waals surface area (Å²) >= 11 is 0. The zero-order chi connectivity index (χ0) is 13.1. The van der Waals surface area contributed by atoms with E-state index in [0.717, 1.165) is 8.61 Å². The van der Waals surface area contributed by atoms with Crippen molar-refractivity contribution in [3.05, 3.63) is 0 Å². The third-order valence-electron chi connectivity index (χ3n) is 2.79. The first-order chi connectivity index (χ1) is 7.91. The van der Waals surface area contributed by atoms with Crippen LogP contribution in [-0.2, 0) is 19.7 Å². The fourth-order valence-corrected chi connectivity index (χ4v) is 3.32. The predicted octanol–water partition coefficient (Wildman–Crippen LogP) is -0.642. The smallest absolute Gasteiger partial charge is 0.322 e. The topological polar surface area (TPSA) is 87.2 Å². The molecule has 1 aliphatic heterocycles. The molecule has 0 aromatic rings. The van der Waals surface area contributed by atoms with Crippen LogP contribution in [0.25, 0.3) is 0 Å². The van der Waals surface area contributed by atoms with Crippen molar-refractivity contribution in [2.45, 2.75) is 18.9 Å². The van der Waals surface area contributed by atoms with Gasteiger partial charge in [-0.25, -0.2) is 0 Å². The Kier molecular flexibility index (Phi) is 4.87. The molecule has 1 rings (SSSR count). The molecule has 0 amide bonds. The Labute approximate surface area is 101 Å². The number of methoxy groups -OCH3 is 1. The van der Waals surface area contributed by atoms with Crippen LogP contribution < -0.4 is 0 Å². The molecule has 1 atom stereocenters. The third kappa shape index (κ3) is 3.15. The summed E-state index contributed by atoms with van der Waals surface area (Å²) in [6.45, 7) is 0.750. The molecule has 0 spiro atoms. The first kappa shape index (κ1) is 14.4. The first-order valence-electron chi connectivity index (χ1n) is 5.36. The van der Waals surface area contributed by atoms with Crippen molar-refractivity contribution in [3.8, 4) is 0 Å². The fourth-order valence-electron chi connectivity index (χ4n) is 1.78. The SMILES string of the molecule is COCCN(C)S(=O)(=O)N1CCC[C@@H]1C(=O)O. The Hall–Kier alpha value is -0.700. The van der Waals surface area contributed by atoms with Crippen LogP contribution in [0.5, 0.6) is 0 Å². The van der Waals surface area contributed by atoms with Gasteiger partial charge in [-0.15, -0.1) is 0 Å². The molecule has 0 bridgehead atoms. The lowest BCUT2D eigenvalue weighted by Gasteiger charge is -2.26. The molecule has 0 saturated carbocycles. The first-order valence-corrected chi connectivity index (χ1v) is 6.75. The molecule has 0 aliphatic carbocycles. The van der Waals surface area contributed by atoms with Gasteiger partial charge in [-0.1, -0.05) is 0 Å². The summed E-state index contributed by atoms with van der Waals surface area (Å²) in [6, 6.07) is -0.940. The van der Waals surface area contributed by atoms with Crippen LogP contribution >= 0.6 is 0 Å². The van der Waals surface area contributed by atoms with Gasteiger partial charge in [-0.3, -0.25) is 4.79 Å². The van der Waals surface area contributed by atoms with Gasteiger partial charge < -0.3 is 9.84 Å². The fraction of sp³-hybridized carbons (Fsp3) is 0.889. The van der Waals surface area contributed by atoms with Crippen molar-refractivity contribution in [2.75, 3.05) is 33.9 Å². The summed E-state index contributed by atoms with van der Waals surface area (Å²) in [7, 11) is -0.795. The van der Waals surface area contributed by atoms with Gasteiger partial charge in [0.2, 0.25) is 0 Å². The lowest BCUT2D eigenvalue weighted by atomic mass is 10.2. The van der Waals surface area contributed by atoms with Gasteiger partial charge >= 0.3 is 5.97 Å². The second-order valence-corrected chi connectivity index (χ2v) is 5.92. The molecule has 7 nitrogen and oxygen atoms in total. The highest BCUT2D eigenvalue weighted by Crippen LogP contribution is 2.22. The van der Waals surface area contributed by atoms with Crippen LogP contribution in [0.4, 0.5) is 0 Å². The number of likely N-dealkylation sites (N-methyl/N-ethyl adjacent to an activating group) is 1. The van der Waals surface area contributed by atoms with E-state index in [-0.39, 0.29) is 19.7 Å². The number of rotatable bonds is 6. The zero-order valence-electron chi connectivity index (χ0n) is 10.00. The highest BCUT2D eigenvalue weighted by atomic mass is 32.2. The number of nitrogens with zero attached hydrogens (tertiary/aromatic N) is 2. The van der Waals surface area contributed by atoms with E-state index in [2.05, 4.69) is 0 Å². The average molecular weight is 266 g/mol. The summed E-state index contributed by atoms with van der Waals surface area (Å²) in [5.41, 5.74) is 0. The number of hydrogen-bond acceptors (Lipinski definition) is 4. The molecule has 1 fully saturated rings. The Morgan fingerprint density at radius 1 is 1.59 bits per heavy atom. The maximum Gasteiger partial charge on any atom is 0.322 e. The Balaban J connectivity index is 2.78. The summed E-state index contributed by atoms with van der Waals surface area (Å²) in [5, 5.41) is 8.96. The normalized spacial score (nSPS) is 22.2. The van der Waals surface area contributed by atoms with E-state index in [4.69, 9.17) is 9.84 Å². The number of carbonyl (C=O) groups is 1. The summed E-state index contributed by atoms with van der Waals surface area (Å²) in [4.78, 5) is 10.9. The van der Waals surface area contributed by atoms with Gasteiger partial charge in [0.1, 0.15) is 6.04 Å². The van der Waals surface area contributed by atoms with Crippen LogP contribution in [0.2, 0.25) is 0 Å². The lowest BCUT2D eigenvalue weighted by Crippen LogP contribution is -2.47. The second-order valence-electron chi connectivity index (χ2n) is 3.93. The molecule has 8 heteroatoms. The van der Waals surface area contributed by atoms with E-state index >= 15 is 0 Å². The Morgan fingerprint density at radius 2 is 2.24 bits per heavy atom. The highest BCUT2D eigenvalue weighted by Gasteiger charge is 2.40. The molecule has 0 aromatic heterocycles. The molecule has 0 aromatic carbocycles. The molecule has 1 N–H and O–H groups in total. The largest absolute Gasteiger partial charge is 0.480 e. The molecule has 100 valence electrons. The van der Waals surface area contributed by atoms with Gasteiger partial charge in [0.05, 0.1) is 6.61 Å². The van der Waals surface area contributed by atoms with Gasteiger partial charge in [0.25, 0.3) is 10.2 Å². The van der Waals surface area contributed by atoms with E-state index in [1.165, 1.54) is 14.2 Å². The van der Waals surface area contributed by atoms with Crippen LogP contribution in [0.3, 0.4) is 0 Å². The van der Waals surface area contributed by atoms with Gasteiger partial charge in [-0.05, 0) is 12.8 Å². The van der Waals surface area contributed by atoms with Crippen molar-refractivity contribution in [1.29, 1.82) is 0 Å². The number of aliphatic carboxylic acids is 1. The summed E-state index contributed by atoms with van der Waals surface area (Å²) in [6.07, 6.45) is 0.945. The Bertz CT molecular complexity index is 370. The summed E-state index contributed by atoms with van der Waals surface area (Å²) in [5.74, 6) is -1.09. The molecular weight excluding hydrogens is 248 g/mol. The minimum atomic E-state index is -3.70. The molecule has 0 radical (unpaired) electrons. The maximum atomic E-state index is 12.1. The van der Waals surface area contributed by atoms with E-state index in [1.807, 2.05) is 0 Å². The van der Waals surface area contributed by atoms with Gasteiger partial charge in [0, 0.05) is 27.2 Å². The standard InChI is InChI=1S/C9H18N2O5S/c1-10(6-7-16-2)17(14,15)11-5-3-4-8(11)9(12)13/h8H,3-7H2,1-2H3,(H,12,13)/t8-/m1/s1. The molecule has 1 aliphatic rings. The van der Waals surface area contributed by atoms with Crippen LogP contribution in [0.15, 0.2) is 0 Å². The number of ether oxygens (including phenoxy) is 1. The number of hydrogen-bond donors (Lipinski definition) is 1. The second kappa shape index (κ2) is 5.76. The summed E-state index contributed by atoms with van der Waals surface area (Å²) < 4.78 is 31.1. The molecule has 17 heavy (non-hydrogen) atoms. The minimum Gasteiger partial charge on any atom is -0.480 e. The third-order valence-corrected chi connectivity index (χ3v) is 4.79.